The van der Waals surface area contributed by atoms with Crippen molar-refractivity contribution >= 4 is 11.8 Å². The molecule has 5 heteroatoms. The summed E-state index contributed by atoms with van der Waals surface area (Å²) >= 11 is 0. The molecular formula is C23H26N2O3. The zero-order chi connectivity index (χ0) is 19.7. The largest absolute Gasteiger partial charge is 0.383 e. The molecule has 146 valence electrons. The van der Waals surface area contributed by atoms with Gasteiger partial charge in [-0.2, -0.15) is 0 Å². The van der Waals surface area contributed by atoms with Crippen LogP contribution in [0.2, 0.25) is 0 Å². The van der Waals surface area contributed by atoms with Crippen LogP contribution in [0.25, 0.3) is 0 Å². The summed E-state index contributed by atoms with van der Waals surface area (Å²) in [6.07, 6.45) is 1.99. The predicted molar refractivity (Wildman–Crippen MR) is 107 cm³/mol. The van der Waals surface area contributed by atoms with Crippen molar-refractivity contribution in [2.24, 2.45) is 0 Å². The third-order valence-corrected chi connectivity index (χ3v) is 5.59. The average Bonchev–Trinajstić information content (AvgIpc) is 3.53. The van der Waals surface area contributed by atoms with Crippen LogP contribution < -0.4 is 5.32 Å². The van der Waals surface area contributed by atoms with E-state index in [4.69, 9.17) is 4.74 Å². The van der Waals surface area contributed by atoms with Crippen molar-refractivity contribution < 1.29 is 14.3 Å². The Hall–Kier alpha value is -2.66. The van der Waals surface area contributed by atoms with Gasteiger partial charge in [0.1, 0.15) is 0 Å². The molecule has 1 heterocycles. The minimum atomic E-state index is -0.437. The second kappa shape index (κ2) is 7.76. The number of hydrogen-bond acceptors (Lipinski definition) is 3. The number of fused-ring (bicyclic) bond motifs is 1. The van der Waals surface area contributed by atoms with Crippen molar-refractivity contribution in [1.29, 1.82) is 0 Å². The van der Waals surface area contributed by atoms with Gasteiger partial charge in [0.05, 0.1) is 18.6 Å². The van der Waals surface area contributed by atoms with Gasteiger partial charge in [0.25, 0.3) is 5.91 Å². The normalized spacial score (nSPS) is 21.4. The molecule has 1 aliphatic carbocycles. The number of nitrogens with one attached hydrogen (secondary N) is 1. The fourth-order valence-corrected chi connectivity index (χ4v) is 4.18. The summed E-state index contributed by atoms with van der Waals surface area (Å²) in [4.78, 5) is 28.6. The Labute approximate surface area is 165 Å². The fourth-order valence-electron chi connectivity index (χ4n) is 4.18. The van der Waals surface area contributed by atoms with Crippen LogP contribution in [-0.2, 0) is 9.53 Å². The van der Waals surface area contributed by atoms with Gasteiger partial charge in [0.2, 0.25) is 5.91 Å². The molecule has 1 fully saturated rings. The van der Waals surface area contributed by atoms with E-state index in [1.54, 1.807) is 7.11 Å². The molecule has 2 aromatic carbocycles. The number of benzene rings is 2. The topological polar surface area (TPSA) is 58.6 Å². The van der Waals surface area contributed by atoms with Gasteiger partial charge in [-0.25, -0.2) is 0 Å². The Kier molecular flexibility index (Phi) is 5.18. The van der Waals surface area contributed by atoms with Crippen molar-refractivity contribution in [3.8, 4) is 0 Å². The monoisotopic (exact) mass is 378 g/mol. The third kappa shape index (κ3) is 3.42. The van der Waals surface area contributed by atoms with E-state index in [1.165, 1.54) is 0 Å². The van der Waals surface area contributed by atoms with Crippen molar-refractivity contribution in [2.75, 3.05) is 20.3 Å². The van der Waals surface area contributed by atoms with Gasteiger partial charge in [-0.1, -0.05) is 48.0 Å². The Morgan fingerprint density at radius 1 is 1.18 bits per heavy atom. The molecule has 0 unspecified atom stereocenters. The first kappa shape index (κ1) is 18.7. The first-order chi connectivity index (χ1) is 13.6. The maximum Gasteiger partial charge on any atom is 0.254 e. The minimum absolute atomic E-state index is 0.0329. The molecule has 4 rings (SSSR count). The maximum atomic E-state index is 13.4. The average molecular weight is 378 g/mol. The number of nitrogens with zero attached hydrogens (tertiary/aromatic N) is 1. The molecule has 5 nitrogen and oxygen atoms in total. The number of ether oxygens (including phenoxy) is 1. The number of aryl methyl sites for hydroxylation is 1. The number of carbonyl (C=O) groups is 2. The second-order valence-electron chi connectivity index (χ2n) is 7.65. The van der Waals surface area contributed by atoms with Gasteiger partial charge < -0.3 is 15.0 Å². The minimum Gasteiger partial charge on any atom is -0.383 e. The van der Waals surface area contributed by atoms with Crippen molar-refractivity contribution in [3.63, 3.8) is 0 Å². The summed E-state index contributed by atoms with van der Waals surface area (Å²) < 4.78 is 5.08. The van der Waals surface area contributed by atoms with E-state index < -0.39 is 5.92 Å². The molecule has 1 aliphatic heterocycles. The summed E-state index contributed by atoms with van der Waals surface area (Å²) in [6.45, 7) is 2.95. The lowest BCUT2D eigenvalue weighted by molar-refractivity contribution is -0.124. The Bertz CT molecular complexity index is 891. The van der Waals surface area contributed by atoms with Crippen molar-refractivity contribution in [2.45, 2.75) is 37.8 Å². The number of carbonyl (C=O) groups excluding carboxylic acids is 2. The van der Waals surface area contributed by atoms with Gasteiger partial charge in [-0.05, 0) is 37.0 Å². The van der Waals surface area contributed by atoms with Crippen LogP contribution in [0.5, 0.6) is 0 Å². The lowest BCUT2D eigenvalue weighted by Gasteiger charge is -2.42. The lowest BCUT2D eigenvalue weighted by atomic mass is 9.78. The Morgan fingerprint density at radius 2 is 1.96 bits per heavy atom. The van der Waals surface area contributed by atoms with Crippen LogP contribution in [0.3, 0.4) is 0 Å². The maximum absolute atomic E-state index is 13.4. The van der Waals surface area contributed by atoms with Gasteiger partial charge in [0, 0.05) is 25.3 Å². The smallest absolute Gasteiger partial charge is 0.254 e. The van der Waals surface area contributed by atoms with Gasteiger partial charge in [-0.15, -0.1) is 0 Å². The first-order valence-corrected chi connectivity index (χ1v) is 9.86. The summed E-state index contributed by atoms with van der Waals surface area (Å²) in [6, 6.07) is 15.6. The Morgan fingerprint density at radius 3 is 2.68 bits per heavy atom. The van der Waals surface area contributed by atoms with E-state index in [1.807, 2.05) is 54.3 Å². The van der Waals surface area contributed by atoms with Crippen LogP contribution in [0.4, 0.5) is 0 Å². The highest BCUT2D eigenvalue weighted by Gasteiger charge is 2.48. The summed E-state index contributed by atoms with van der Waals surface area (Å²) in [7, 11) is 1.62. The standard InChI is InChI=1S/C23H26N2O3/c1-15-6-5-7-16(14-15)21-20(22(26)24-12-13-28-2)18-8-3-4-9-19(18)23(27)25(21)17-10-11-17/h3-9,14,17,20-21H,10-13H2,1-2H3,(H,24,26)/t20-,21+/m1/s1. The number of amides is 2. The summed E-state index contributed by atoms with van der Waals surface area (Å²) in [5.41, 5.74) is 3.59. The van der Waals surface area contributed by atoms with Gasteiger partial charge in [0.15, 0.2) is 0 Å². The molecule has 0 radical (unpaired) electrons. The van der Waals surface area contributed by atoms with E-state index in [9.17, 15) is 9.59 Å². The molecule has 2 aromatic rings. The summed E-state index contributed by atoms with van der Waals surface area (Å²) in [5, 5.41) is 3.00. The molecule has 0 spiro atoms. The van der Waals surface area contributed by atoms with E-state index in [2.05, 4.69) is 11.4 Å². The highest BCUT2D eigenvalue weighted by Crippen LogP contribution is 2.47. The lowest BCUT2D eigenvalue weighted by Crippen LogP contribution is -2.48. The first-order valence-electron chi connectivity index (χ1n) is 9.86. The Balaban J connectivity index is 1.82. The van der Waals surface area contributed by atoms with Gasteiger partial charge in [-0.3, -0.25) is 9.59 Å². The zero-order valence-corrected chi connectivity index (χ0v) is 16.4. The SMILES string of the molecule is COCCNC(=O)[C@@H]1c2ccccc2C(=O)N(C2CC2)[C@H]1c1cccc(C)c1. The van der Waals surface area contributed by atoms with Crippen LogP contribution >= 0.6 is 0 Å². The third-order valence-electron chi connectivity index (χ3n) is 5.59. The second-order valence-corrected chi connectivity index (χ2v) is 7.65. The van der Waals surface area contributed by atoms with E-state index in [0.717, 1.165) is 29.5 Å². The molecule has 2 amide bonds. The van der Waals surface area contributed by atoms with Crippen molar-refractivity contribution in [1.82, 2.24) is 10.2 Å². The van der Waals surface area contributed by atoms with Gasteiger partial charge >= 0.3 is 0 Å². The molecule has 2 aliphatic rings. The molecule has 1 N–H and O–H groups in total. The molecule has 0 saturated heterocycles. The predicted octanol–water partition coefficient (Wildman–Crippen LogP) is 3.20. The van der Waals surface area contributed by atoms with E-state index in [-0.39, 0.29) is 23.9 Å². The zero-order valence-electron chi connectivity index (χ0n) is 16.4. The highest BCUT2D eigenvalue weighted by atomic mass is 16.5. The molecule has 2 atom stereocenters. The highest BCUT2D eigenvalue weighted by molar-refractivity contribution is 6.01. The summed E-state index contributed by atoms with van der Waals surface area (Å²) in [5.74, 6) is -0.465. The van der Waals surface area contributed by atoms with E-state index in [0.29, 0.717) is 18.7 Å². The number of rotatable bonds is 6. The van der Waals surface area contributed by atoms with E-state index >= 15 is 0 Å². The van der Waals surface area contributed by atoms with Crippen LogP contribution in [0.1, 0.15) is 51.8 Å². The van der Waals surface area contributed by atoms with Crippen LogP contribution in [0.15, 0.2) is 48.5 Å². The number of methoxy groups -OCH3 is 1. The van der Waals surface area contributed by atoms with Crippen LogP contribution in [0, 0.1) is 6.92 Å². The van der Waals surface area contributed by atoms with Crippen LogP contribution in [-0.4, -0.2) is 43.0 Å². The fraction of sp³-hybridized carbons (Fsp3) is 0.391. The number of hydrogen-bond donors (Lipinski definition) is 1. The molecular weight excluding hydrogens is 352 g/mol. The molecule has 1 saturated carbocycles. The molecule has 0 aromatic heterocycles. The quantitative estimate of drug-likeness (QED) is 0.786. The molecule has 0 bridgehead atoms. The van der Waals surface area contributed by atoms with Crippen molar-refractivity contribution in [3.05, 3.63) is 70.8 Å². The molecule has 28 heavy (non-hydrogen) atoms.